The summed E-state index contributed by atoms with van der Waals surface area (Å²) in [6.45, 7) is 2.93. The number of nitrogens with zero attached hydrogens (tertiary/aromatic N) is 1. The number of piperidine rings is 1. The molecule has 31 heavy (non-hydrogen) atoms. The topological polar surface area (TPSA) is 75.7 Å². The van der Waals surface area contributed by atoms with Crippen LogP contribution in [0.1, 0.15) is 32.6 Å². The highest BCUT2D eigenvalue weighted by molar-refractivity contribution is 8.00. The monoisotopic (exact) mass is 482 g/mol. The van der Waals surface area contributed by atoms with Crippen LogP contribution in [-0.4, -0.2) is 44.1 Å². The molecule has 1 aliphatic heterocycles. The molecule has 1 unspecified atom stereocenters. The SMILES string of the molecule is CCC(Sc1ccc(Cl)cc1)C(=O)Nc1ccc(OC)c(S(=O)(=O)N2CCCCC2)c1. The molecule has 0 saturated carbocycles. The van der Waals surface area contributed by atoms with Crippen LogP contribution in [-0.2, 0) is 14.8 Å². The Morgan fingerprint density at radius 3 is 2.45 bits per heavy atom. The summed E-state index contributed by atoms with van der Waals surface area (Å²) in [6, 6.07) is 12.1. The van der Waals surface area contributed by atoms with Crippen molar-refractivity contribution >= 4 is 45.0 Å². The molecule has 1 aliphatic rings. The van der Waals surface area contributed by atoms with Crippen molar-refractivity contribution in [2.24, 2.45) is 0 Å². The van der Waals surface area contributed by atoms with Gasteiger partial charge in [-0.1, -0.05) is 24.9 Å². The Kier molecular flexibility index (Phi) is 8.27. The lowest BCUT2D eigenvalue weighted by Gasteiger charge is -2.26. The van der Waals surface area contributed by atoms with E-state index in [4.69, 9.17) is 16.3 Å². The Morgan fingerprint density at radius 1 is 1.16 bits per heavy atom. The average molecular weight is 483 g/mol. The van der Waals surface area contributed by atoms with Gasteiger partial charge in [-0.05, 0) is 61.7 Å². The van der Waals surface area contributed by atoms with Crippen LogP contribution >= 0.6 is 23.4 Å². The molecule has 0 aliphatic carbocycles. The number of amides is 1. The molecule has 1 saturated heterocycles. The molecule has 1 amide bonds. The Labute approximate surface area is 193 Å². The van der Waals surface area contributed by atoms with Gasteiger partial charge in [0.25, 0.3) is 0 Å². The average Bonchev–Trinajstić information content (AvgIpc) is 2.79. The maximum atomic E-state index is 13.2. The smallest absolute Gasteiger partial charge is 0.246 e. The Bertz CT molecular complexity index is 1010. The number of carbonyl (C=O) groups excluding carboxylic acids is 1. The molecule has 0 radical (unpaired) electrons. The second kappa shape index (κ2) is 10.7. The number of hydrogen-bond acceptors (Lipinski definition) is 5. The maximum absolute atomic E-state index is 13.2. The van der Waals surface area contributed by atoms with E-state index in [9.17, 15) is 13.2 Å². The summed E-state index contributed by atoms with van der Waals surface area (Å²) < 4.78 is 33.2. The first-order valence-corrected chi connectivity index (χ1v) is 13.0. The van der Waals surface area contributed by atoms with Gasteiger partial charge in [0, 0.05) is 28.7 Å². The van der Waals surface area contributed by atoms with E-state index < -0.39 is 10.0 Å². The lowest BCUT2D eigenvalue weighted by molar-refractivity contribution is -0.115. The van der Waals surface area contributed by atoms with Gasteiger partial charge in [0.05, 0.1) is 12.4 Å². The number of carbonyl (C=O) groups is 1. The highest BCUT2D eigenvalue weighted by atomic mass is 35.5. The number of ether oxygens (including phenoxy) is 1. The molecule has 0 spiro atoms. The second-order valence-corrected chi connectivity index (χ2v) is 10.9. The summed E-state index contributed by atoms with van der Waals surface area (Å²) in [4.78, 5) is 13.9. The molecular weight excluding hydrogens is 456 g/mol. The van der Waals surface area contributed by atoms with Crippen molar-refractivity contribution in [3.8, 4) is 5.75 Å². The summed E-state index contributed by atoms with van der Waals surface area (Å²) in [6.07, 6.45) is 3.34. The lowest BCUT2D eigenvalue weighted by atomic mass is 10.2. The third-order valence-corrected chi connectivity index (χ3v) is 8.67. The van der Waals surface area contributed by atoms with E-state index in [1.807, 2.05) is 19.1 Å². The van der Waals surface area contributed by atoms with Gasteiger partial charge in [0.1, 0.15) is 10.6 Å². The molecule has 1 heterocycles. The van der Waals surface area contributed by atoms with Crippen LogP contribution in [0, 0.1) is 0 Å². The van der Waals surface area contributed by atoms with Crippen LogP contribution in [0.25, 0.3) is 0 Å². The molecule has 0 aromatic heterocycles. The minimum atomic E-state index is -3.70. The Hall–Kier alpha value is -1.74. The van der Waals surface area contributed by atoms with Gasteiger partial charge >= 0.3 is 0 Å². The fourth-order valence-corrected chi connectivity index (χ4v) is 6.20. The van der Waals surface area contributed by atoms with E-state index >= 15 is 0 Å². The zero-order chi connectivity index (χ0) is 22.4. The fourth-order valence-electron chi connectivity index (χ4n) is 3.42. The standard InChI is InChI=1S/C22H27ClN2O4S2/c1-3-20(30-18-10-7-16(23)8-11-18)22(26)24-17-9-12-19(29-2)21(15-17)31(27,28)25-13-5-4-6-14-25/h7-12,15,20H,3-6,13-14H2,1-2H3,(H,24,26). The number of rotatable bonds is 8. The highest BCUT2D eigenvalue weighted by Gasteiger charge is 2.29. The van der Waals surface area contributed by atoms with Crippen LogP contribution < -0.4 is 10.1 Å². The zero-order valence-electron chi connectivity index (χ0n) is 17.6. The molecule has 1 fully saturated rings. The predicted octanol–water partition coefficient (Wildman–Crippen LogP) is 5.03. The molecular formula is C22H27ClN2O4S2. The quantitative estimate of drug-likeness (QED) is 0.534. The number of anilines is 1. The van der Waals surface area contributed by atoms with Crippen LogP contribution in [0.2, 0.25) is 5.02 Å². The number of hydrogen-bond donors (Lipinski definition) is 1. The first-order valence-electron chi connectivity index (χ1n) is 10.3. The van der Waals surface area contributed by atoms with E-state index in [-0.39, 0.29) is 21.8 Å². The largest absolute Gasteiger partial charge is 0.495 e. The Balaban J connectivity index is 1.79. The lowest BCUT2D eigenvalue weighted by Crippen LogP contribution is -2.35. The van der Waals surface area contributed by atoms with Crippen molar-refractivity contribution in [1.82, 2.24) is 4.31 Å². The van der Waals surface area contributed by atoms with Gasteiger partial charge in [-0.25, -0.2) is 8.42 Å². The van der Waals surface area contributed by atoms with Gasteiger partial charge in [-0.15, -0.1) is 11.8 Å². The molecule has 168 valence electrons. The number of nitrogens with one attached hydrogen (secondary N) is 1. The number of halogens is 1. The molecule has 9 heteroatoms. The van der Waals surface area contributed by atoms with Gasteiger partial charge in [0.15, 0.2) is 0 Å². The van der Waals surface area contributed by atoms with Crippen molar-refractivity contribution in [2.75, 3.05) is 25.5 Å². The van der Waals surface area contributed by atoms with E-state index in [2.05, 4.69) is 5.32 Å². The van der Waals surface area contributed by atoms with Crippen molar-refractivity contribution in [2.45, 2.75) is 47.6 Å². The summed E-state index contributed by atoms with van der Waals surface area (Å²) in [5.74, 6) is 0.0834. The first kappa shape index (κ1) is 23.9. The van der Waals surface area contributed by atoms with Crippen molar-refractivity contribution in [1.29, 1.82) is 0 Å². The number of thioether (sulfide) groups is 1. The summed E-state index contributed by atoms with van der Waals surface area (Å²) >= 11 is 7.38. The molecule has 1 N–H and O–H groups in total. The van der Waals surface area contributed by atoms with Gasteiger partial charge < -0.3 is 10.1 Å². The van der Waals surface area contributed by atoms with Crippen LogP contribution in [0.5, 0.6) is 5.75 Å². The molecule has 3 rings (SSSR count). The van der Waals surface area contributed by atoms with Crippen LogP contribution in [0.15, 0.2) is 52.3 Å². The van der Waals surface area contributed by atoms with Crippen molar-refractivity contribution in [3.05, 3.63) is 47.5 Å². The summed E-state index contributed by atoms with van der Waals surface area (Å²) in [5, 5.41) is 3.18. The van der Waals surface area contributed by atoms with E-state index in [1.165, 1.54) is 29.2 Å². The minimum Gasteiger partial charge on any atom is -0.495 e. The normalized spacial score (nSPS) is 16.0. The zero-order valence-corrected chi connectivity index (χ0v) is 20.0. The fraction of sp³-hybridized carbons (Fsp3) is 0.409. The third kappa shape index (κ3) is 5.94. The molecule has 0 bridgehead atoms. The van der Waals surface area contributed by atoms with Gasteiger partial charge in [-0.2, -0.15) is 4.31 Å². The molecule has 2 aromatic carbocycles. The summed E-state index contributed by atoms with van der Waals surface area (Å²) in [5.41, 5.74) is 0.427. The number of benzene rings is 2. The van der Waals surface area contributed by atoms with Gasteiger partial charge in [-0.3, -0.25) is 4.79 Å². The van der Waals surface area contributed by atoms with Crippen LogP contribution in [0.3, 0.4) is 0 Å². The molecule has 1 atom stereocenters. The van der Waals surface area contributed by atoms with Crippen LogP contribution in [0.4, 0.5) is 5.69 Å². The van der Waals surface area contributed by atoms with Gasteiger partial charge in [0.2, 0.25) is 15.9 Å². The summed E-state index contributed by atoms with van der Waals surface area (Å²) in [7, 11) is -2.26. The van der Waals surface area contributed by atoms with E-state index in [0.717, 1.165) is 24.2 Å². The maximum Gasteiger partial charge on any atom is 0.246 e. The van der Waals surface area contributed by atoms with E-state index in [0.29, 0.717) is 30.2 Å². The first-order chi connectivity index (χ1) is 14.8. The number of sulfonamides is 1. The third-order valence-electron chi connectivity index (χ3n) is 5.12. The van der Waals surface area contributed by atoms with E-state index in [1.54, 1.807) is 24.3 Å². The predicted molar refractivity (Wildman–Crippen MR) is 126 cm³/mol. The Morgan fingerprint density at radius 2 is 1.84 bits per heavy atom. The van der Waals surface area contributed by atoms with Crippen molar-refractivity contribution < 1.29 is 17.9 Å². The highest BCUT2D eigenvalue weighted by Crippen LogP contribution is 2.32. The number of methoxy groups -OCH3 is 1. The minimum absolute atomic E-state index is 0.0769. The second-order valence-electron chi connectivity index (χ2n) is 7.29. The van der Waals surface area contributed by atoms with Crippen molar-refractivity contribution in [3.63, 3.8) is 0 Å². The molecule has 2 aromatic rings. The molecule has 6 nitrogen and oxygen atoms in total.